The lowest BCUT2D eigenvalue weighted by Crippen LogP contribution is -2.01. The summed E-state index contributed by atoms with van der Waals surface area (Å²) in [5, 5.41) is 3.19. The molecule has 0 aliphatic rings. The molecule has 0 unspecified atom stereocenters. The lowest BCUT2D eigenvalue weighted by molar-refractivity contribution is 1.08. The van der Waals surface area contributed by atoms with Gasteiger partial charge in [-0.25, -0.2) is 9.97 Å². The van der Waals surface area contributed by atoms with E-state index in [-0.39, 0.29) is 0 Å². The van der Waals surface area contributed by atoms with Crippen molar-refractivity contribution in [3.05, 3.63) is 52.9 Å². The fourth-order valence-electron chi connectivity index (χ4n) is 1.19. The highest BCUT2D eigenvalue weighted by atomic mass is 79.9. The minimum atomic E-state index is 0.743. The van der Waals surface area contributed by atoms with Crippen LogP contribution in [0.25, 0.3) is 0 Å². The van der Waals surface area contributed by atoms with Gasteiger partial charge in [-0.15, -0.1) is 0 Å². The largest absolute Gasteiger partial charge is 0.365 e. The second-order valence-electron chi connectivity index (χ2n) is 3.06. The number of nitrogens with zero attached hydrogens (tertiary/aromatic N) is 2. The molecule has 0 bridgehead atoms. The average Bonchev–Trinajstić information content (AvgIpc) is 2.30. The Kier molecular flexibility index (Phi) is 3.29. The van der Waals surface area contributed by atoms with E-state index in [0.29, 0.717) is 0 Å². The molecule has 0 aliphatic carbocycles. The van der Waals surface area contributed by atoms with Crippen LogP contribution in [0.15, 0.2) is 47.3 Å². The van der Waals surface area contributed by atoms with E-state index in [2.05, 4.69) is 43.3 Å². The molecule has 15 heavy (non-hydrogen) atoms. The van der Waals surface area contributed by atoms with E-state index >= 15 is 0 Å². The van der Waals surface area contributed by atoms with Gasteiger partial charge < -0.3 is 5.32 Å². The normalized spacial score (nSPS) is 9.93. The highest BCUT2D eigenvalue weighted by Gasteiger charge is 1.95. The lowest BCUT2D eigenvalue weighted by atomic mass is 10.2. The van der Waals surface area contributed by atoms with Crippen LogP contribution >= 0.6 is 15.9 Å². The van der Waals surface area contributed by atoms with Gasteiger partial charge in [0, 0.05) is 6.54 Å². The fraction of sp³-hybridized carbons (Fsp3) is 0.0909. The van der Waals surface area contributed by atoms with E-state index in [9.17, 15) is 0 Å². The molecule has 0 aliphatic heterocycles. The maximum atomic E-state index is 4.17. The van der Waals surface area contributed by atoms with Crippen LogP contribution in [0.2, 0.25) is 0 Å². The molecule has 3 nitrogen and oxygen atoms in total. The summed E-state index contributed by atoms with van der Waals surface area (Å²) in [4.78, 5) is 8.26. The van der Waals surface area contributed by atoms with Crippen LogP contribution in [0.5, 0.6) is 0 Å². The first-order valence-electron chi connectivity index (χ1n) is 4.60. The first-order chi connectivity index (χ1) is 7.34. The minimum Gasteiger partial charge on any atom is -0.365 e. The van der Waals surface area contributed by atoms with Gasteiger partial charge in [0.05, 0.1) is 12.4 Å². The molecular weight excluding hydrogens is 254 g/mol. The second kappa shape index (κ2) is 4.89. The van der Waals surface area contributed by atoms with E-state index < -0.39 is 0 Å². The summed E-state index contributed by atoms with van der Waals surface area (Å²) in [5.74, 6) is 0.780. The van der Waals surface area contributed by atoms with E-state index in [1.54, 1.807) is 12.4 Å². The molecule has 0 amide bonds. The topological polar surface area (TPSA) is 37.8 Å². The second-order valence-corrected chi connectivity index (χ2v) is 3.88. The summed E-state index contributed by atoms with van der Waals surface area (Å²) >= 11 is 3.24. The number of rotatable bonds is 3. The SMILES string of the molecule is Brc1cnc(NCc2ccccc2)cn1. The molecule has 0 radical (unpaired) electrons. The Labute approximate surface area is 96.7 Å². The number of hydrogen-bond donors (Lipinski definition) is 1. The monoisotopic (exact) mass is 263 g/mol. The zero-order valence-corrected chi connectivity index (χ0v) is 9.61. The Hall–Kier alpha value is -1.42. The van der Waals surface area contributed by atoms with Gasteiger partial charge in [0.2, 0.25) is 0 Å². The third-order valence-corrected chi connectivity index (χ3v) is 2.35. The van der Waals surface area contributed by atoms with Gasteiger partial charge in [0.25, 0.3) is 0 Å². The molecule has 0 spiro atoms. The van der Waals surface area contributed by atoms with Crippen molar-refractivity contribution in [1.82, 2.24) is 9.97 Å². The van der Waals surface area contributed by atoms with Crippen LogP contribution in [0, 0.1) is 0 Å². The quantitative estimate of drug-likeness (QED) is 0.926. The summed E-state index contributed by atoms with van der Waals surface area (Å²) in [6, 6.07) is 10.2. The van der Waals surface area contributed by atoms with E-state index in [1.165, 1.54) is 5.56 Å². The molecule has 4 heteroatoms. The van der Waals surface area contributed by atoms with Crippen LogP contribution in [0.1, 0.15) is 5.56 Å². The van der Waals surface area contributed by atoms with Crippen LogP contribution in [-0.4, -0.2) is 9.97 Å². The molecule has 0 fully saturated rings. The van der Waals surface area contributed by atoms with Gasteiger partial charge in [0.1, 0.15) is 10.4 Å². The fourth-order valence-corrected chi connectivity index (χ4v) is 1.40. The predicted molar refractivity (Wildman–Crippen MR) is 63.5 cm³/mol. The summed E-state index contributed by atoms with van der Waals surface area (Å²) < 4.78 is 0.743. The number of anilines is 1. The van der Waals surface area contributed by atoms with E-state index in [0.717, 1.165) is 17.0 Å². The molecule has 2 rings (SSSR count). The van der Waals surface area contributed by atoms with Gasteiger partial charge in [0.15, 0.2) is 0 Å². The standard InChI is InChI=1S/C11H10BrN3/c12-10-7-15-11(8-13-10)14-6-9-4-2-1-3-5-9/h1-5,7-8H,6H2,(H,14,15). The summed E-state index contributed by atoms with van der Waals surface area (Å²) in [5.41, 5.74) is 1.22. The first kappa shape index (κ1) is 10.1. The highest BCUT2D eigenvalue weighted by molar-refractivity contribution is 9.10. The lowest BCUT2D eigenvalue weighted by Gasteiger charge is -2.04. The number of hydrogen-bond acceptors (Lipinski definition) is 3. The van der Waals surface area contributed by atoms with Crippen molar-refractivity contribution >= 4 is 21.7 Å². The van der Waals surface area contributed by atoms with Crippen LogP contribution in [0.4, 0.5) is 5.82 Å². The van der Waals surface area contributed by atoms with Crippen molar-refractivity contribution in [3.8, 4) is 0 Å². The molecule has 1 N–H and O–H groups in total. The van der Waals surface area contributed by atoms with Crippen molar-refractivity contribution in [2.75, 3.05) is 5.32 Å². The maximum Gasteiger partial charge on any atom is 0.144 e. The molecule has 1 heterocycles. The molecule has 0 atom stereocenters. The predicted octanol–water partition coefficient (Wildman–Crippen LogP) is 2.85. The molecular formula is C11H10BrN3. The van der Waals surface area contributed by atoms with Gasteiger partial charge in [-0.1, -0.05) is 30.3 Å². The van der Waals surface area contributed by atoms with Crippen molar-refractivity contribution in [2.45, 2.75) is 6.54 Å². The molecule has 2 aromatic rings. The minimum absolute atomic E-state index is 0.743. The Morgan fingerprint density at radius 3 is 2.53 bits per heavy atom. The summed E-state index contributed by atoms with van der Waals surface area (Å²) in [7, 11) is 0. The molecule has 0 saturated heterocycles. The van der Waals surface area contributed by atoms with Crippen LogP contribution < -0.4 is 5.32 Å². The van der Waals surface area contributed by atoms with Crippen molar-refractivity contribution in [3.63, 3.8) is 0 Å². The Bertz CT molecular complexity index is 414. The van der Waals surface area contributed by atoms with Crippen LogP contribution in [0.3, 0.4) is 0 Å². The highest BCUT2D eigenvalue weighted by Crippen LogP contribution is 2.07. The average molecular weight is 264 g/mol. The van der Waals surface area contributed by atoms with E-state index in [1.807, 2.05) is 18.2 Å². The maximum absolute atomic E-state index is 4.17. The molecule has 1 aromatic heterocycles. The van der Waals surface area contributed by atoms with Gasteiger partial charge in [-0.05, 0) is 21.5 Å². The Morgan fingerprint density at radius 2 is 1.87 bits per heavy atom. The van der Waals surface area contributed by atoms with Gasteiger partial charge in [-0.3, -0.25) is 0 Å². The third-order valence-electron chi connectivity index (χ3n) is 1.94. The van der Waals surface area contributed by atoms with Crippen LogP contribution in [-0.2, 0) is 6.54 Å². The Morgan fingerprint density at radius 1 is 1.07 bits per heavy atom. The number of nitrogens with one attached hydrogen (secondary N) is 1. The van der Waals surface area contributed by atoms with Gasteiger partial charge >= 0.3 is 0 Å². The number of aromatic nitrogens is 2. The molecule has 0 saturated carbocycles. The zero-order chi connectivity index (χ0) is 10.5. The smallest absolute Gasteiger partial charge is 0.144 e. The van der Waals surface area contributed by atoms with Crippen molar-refractivity contribution in [1.29, 1.82) is 0 Å². The third kappa shape index (κ3) is 3.02. The summed E-state index contributed by atoms with van der Waals surface area (Å²) in [6.07, 6.45) is 3.38. The van der Waals surface area contributed by atoms with Crippen molar-refractivity contribution < 1.29 is 0 Å². The zero-order valence-electron chi connectivity index (χ0n) is 8.02. The Balaban J connectivity index is 1.96. The number of halogens is 1. The van der Waals surface area contributed by atoms with E-state index in [4.69, 9.17) is 0 Å². The molecule has 76 valence electrons. The van der Waals surface area contributed by atoms with Crippen molar-refractivity contribution in [2.24, 2.45) is 0 Å². The summed E-state index contributed by atoms with van der Waals surface area (Å²) in [6.45, 7) is 0.761. The van der Waals surface area contributed by atoms with Gasteiger partial charge in [-0.2, -0.15) is 0 Å². The molecule has 1 aromatic carbocycles. The number of benzene rings is 1. The first-order valence-corrected chi connectivity index (χ1v) is 5.39.